The minimum Gasteiger partial charge on any atom is -0.273 e. The summed E-state index contributed by atoms with van der Waals surface area (Å²) in [5.41, 5.74) is 4.62. The van der Waals surface area contributed by atoms with Crippen LogP contribution in [-0.4, -0.2) is 12.1 Å². The van der Waals surface area contributed by atoms with E-state index in [9.17, 15) is 4.79 Å². The molecule has 0 radical (unpaired) electrons. The van der Waals surface area contributed by atoms with E-state index in [0.717, 1.165) is 22.0 Å². The van der Waals surface area contributed by atoms with Crippen LogP contribution >= 0.6 is 15.9 Å². The van der Waals surface area contributed by atoms with Gasteiger partial charge >= 0.3 is 0 Å². The molecule has 0 aliphatic carbocycles. The molecule has 2 aromatic carbocycles. The molecule has 0 fully saturated rings. The first-order valence-corrected chi connectivity index (χ1v) is 7.15. The van der Waals surface area contributed by atoms with Gasteiger partial charge in [0.25, 0.3) is 0 Å². The average Bonchev–Trinajstić information content (AvgIpc) is 2.48. The van der Waals surface area contributed by atoms with Crippen LogP contribution in [0, 0.1) is 0 Å². The van der Waals surface area contributed by atoms with Crippen molar-refractivity contribution in [2.24, 2.45) is 5.10 Å². The van der Waals surface area contributed by atoms with E-state index in [1.54, 1.807) is 6.21 Å². The van der Waals surface area contributed by atoms with E-state index in [1.165, 1.54) is 0 Å². The lowest BCUT2D eigenvalue weighted by Gasteiger charge is -2.01. The first kappa shape index (κ1) is 14.5. The highest BCUT2D eigenvalue weighted by molar-refractivity contribution is 9.10. The third-order valence-corrected chi connectivity index (χ3v) is 3.50. The Hall–Kier alpha value is -1.94. The summed E-state index contributed by atoms with van der Waals surface area (Å²) in [5.74, 6) is -0.0860. The molecule has 4 heteroatoms. The molecule has 0 spiro atoms. The van der Waals surface area contributed by atoms with Crippen molar-refractivity contribution < 1.29 is 4.79 Å². The van der Waals surface area contributed by atoms with Crippen molar-refractivity contribution in [3.8, 4) is 0 Å². The van der Waals surface area contributed by atoms with Gasteiger partial charge in [-0.3, -0.25) is 4.79 Å². The lowest BCUT2D eigenvalue weighted by atomic mass is 10.1. The molecule has 0 aliphatic rings. The quantitative estimate of drug-likeness (QED) is 0.661. The molecule has 0 atom stereocenters. The number of nitrogens with zero attached hydrogens (tertiary/aromatic N) is 1. The molecule has 2 aromatic rings. The summed E-state index contributed by atoms with van der Waals surface area (Å²) in [6, 6.07) is 17.6. The first-order valence-electron chi connectivity index (χ1n) is 6.36. The van der Waals surface area contributed by atoms with Gasteiger partial charge in [-0.25, -0.2) is 5.43 Å². The largest absolute Gasteiger partial charge is 0.273 e. The molecule has 20 heavy (non-hydrogen) atoms. The number of hydrogen-bond acceptors (Lipinski definition) is 2. The number of hydrogen-bond donors (Lipinski definition) is 1. The van der Waals surface area contributed by atoms with Crippen molar-refractivity contribution in [1.82, 2.24) is 5.43 Å². The molecule has 2 rings (SSSR count). The molecule has 0 unspecified atom stereocenters. The van der Waals surface area contributed by atoms with E-state index in [1.807, 2.05) is 54.6 Å². The van der Waals surface area contributed by atoms with Crippen LogP contribution < -0.4 is 5.43 Å². The Morgan fingerprint density at radius 1 is 1.10 bits per heavy atom. The summed E-state index contributed by atoms with van der Waals surface area (Å²) in [7, 11) is 0. The van der Waals surface area contributed by atoms with Crippen LogP contribution in [0.15, 0.2) is 64.2 Å². The maximum atomic E-state index is 11.7. The molecule has 0 heterocycles. The van der Waals surface area contributed by atoms with E-state index in [2.05, 4.69) is 26.5 Å². The van der Waals surface area contributed by atoms with E-state index in [4.69, 9.17) is 0 Å². The van der Waals surface area contributed by atoms with Crippen molar-refractivity contribution in [1.29, 1.82) is 0 Å². The summed E-state index contributed by atoms with van der Waals surface area (Å²) in [6.07, 6.45) is 2.78. The predicted octanol–water partition coefficient (Wildman–Crippen LogP) is 3.53. The molecule has 1 amide bonds. The Labute approximate surface area is 126 Å². The lowest BCUT2D eigenvalue weighted by Crippen LogP contribution is -2.17. The van der Waals surface area contributed by atoms with Gasteiger partial charge in [0, 0.05) is 16.5 Å². The van der Waals surface area contributed by atoms with E-state index >= 15 is 0 Å². The fourth-order valence-electron chi connectivity index (χ4n) is 1.71. The highest BCUT2D eigenvalue weighted by Crippen LogP contribution is 2.13. The van der Waals surface area contributed by atoms with E-state index < -0.39 is 0 Å². The monoisotopic (exact) mass is 330 g/mol. The van der Waals surface area contributed by atoms with Crippen LogP contribution in [0.2, 0.25) is 0 Å². The summed E-state index contributed by atoms with van der Waals surface area (Å²) >= 11 is 3.42. The topological polar surface area (TPSA) is 41.5 Å². The fraction of sp³-hybridized carbons (Fsp3) is 0.125. The van der Waals surface area contributed by atoms with Gasteiger partial charge in [-0.2, -0.15) is 5.10 Å². The summed E-state index contributed by atoms with van der Waals surface area (Å²) in [5, 5.41) is 3.96. The summed E-state index contributed by atoms with van der Waals surface area (Å²) in [4.78, 5) is 11.7. The first-order chi connectivity index (χ1) is 9.75. The number of hydrazone groups is 1. The van der Waals surface area contributed by atoms with Crippen LogP contribution in [0.5, 0.6) is 0 Å². The van der Waals surface area contributed by atoms with Crippen LogP contribution in [0.4, 0.5) is 0 Å². The SMILES string of the molecule is O=C(CCc1ccccc1)NN=Cc1ccccc1Br. The Kier molecular flexibility index (Phi) is 5.50. The second-order valence-corrected chi connectivity index (χ2v) is 5.15. The third kappa shape index (κ3) is 4.63. The zero-order valence-electron chi connectivity index (χ0n) is 10.9. The smallest absolute Gasteiger partial charge is 0.240 e. The molecule has 0 aliphatic heterocycles. The maximum absolute atomic E-state index is 11.7. The van der Waals surface area contributed by atoms with Gasteiger partial charge in [-0.05, 0) is 18.1 Å². The van der Waals surface area contributed by atoms with Crippen molar-refractivity contribution in [3.05, 3.63) is 70.2 Å². The van der Waals surface area contributed by atoms with Crippen molar-refractivity contribution in [2.45, 2.75) is 12.8 Å². The Balaban J connectivity index is 1.79. The highest BCUT2D eigenvalue weighted by atomic mass is 79.9. The number of aryl methyl sites for hydroxylation is 1. The second-order valence-electron chi connectivity index (χ2n) is 4.30. The standard InChI is InChI=1S/C16H15BrN2O/c17-15-9-5-4-8-14(15)12-18-19-16(20)11-10-13-6-2-1-3-7-13/h1-9,12H,10-11H2,(H,19,20). The van der Waals surface area contributed by atoms with Gasteiger partial charge in [-0.15, -0.1) is 0 Å². The van der Waals surface area contributed by atoms with Gasteiger partial charge < -0.3 is 0 Å². The minimum atomic E-state index is -0.0860. The second kappa shape index (κ2) is 7.60. The molecule has 0 saturated heterocycles. The van der Waals surface area contributed by atoms with Gasteiger partial charge in [0.1, 0.15) is 0 Å². The molecular weight excluding hydrogens is 316 g/mol. The van der Waals surface area contributed by atoms with Crippen molar-refractivity contribution >= 4 is 28.1 Å². The Bertz CT molecular complexity index is 596. The zero-order chi connectivity index (χ0) is 14.2. The normalized spacial score (nSPS) is 10.7. The van der Waals surface area contributed by atoms with Gasteiger partial charge in [0.2, 0.25) is 5.91 Å². The maximum Gasteiger partial charge on any atom is 0.240 e. The number of benzene rings is 2. The van der Waals surface area contributed by atoms with Crippen LogP contribution in [0.1, 0.15) is 17.5 Å². The van der Waals surface area contributed by atoms with Crippen LogP contribution in [0.3, 0.4) is 0 Å². The Morgan fingerprint density at radius 3 is 2.55 bits per heavy atom. The molecule has 0 bridgehead atoms. The molecule has 3 nitrogen and oxygen atoms in total. The minimum absolute atomic E-state index is 0.0860. The van der Waals surface area contributed by atoms with Gasteiger partial charge in [0.05, 0.1) is 6.21 Å². The molecule has 0 aromatic heterocycles. The average molecular weight is 331 g/mol. The van der Waals surface area contributed by atoms with E-state index in [-0.39, 0.29) is 5.91 Å². The molecule has 0 saturated carbocycles. The van der Waals surface area contributed by atoms with Crippen LogP contribution in [-0.2, 0) is 11.2 Å². The summed E-state index contributed by atoms with van der Waals surface area (Å²) < 4.78 is 0.947. The third-order valence-electron chi connectivity index (χ3n) is 2.78. The number of halogens is 1. The number of amides is 1. The van der Waals surface area contributed by atoms with E-state index in [0.29, 0.717) is 6.42 Å². The van der Waals surface area contributed by atoms with Gasteiger partial charge in [0.15, 0.2) is 0 Å². The fourth-order valence-corrected chi connectivity index (χ4v) is 2.10. The van der Waals surface area contributed by atoms with Crippen LogP contribution in [0.25, 0.3) is 0 Å². The number of rotatable bonds is 5. The number of nitrogens with one attached hydrogen (secondary N) is 1. The molecule has 102 valence electrons. The predicted molar refractivity (Wildman–Crippen MR) is 84.6 cm³/mol. The lowest BCUT2D eigenvalue weighted by molar-refractivity contribution is -0.121. The summed E-state index contributed by atoms with van der Waals surface area (Å²) in [6.45, 7) is 0. The number of carbonyl (C=O) groups excluding carboxylic acids is 1. The Morgan fingerprint density at radius 2 is 1.80 bits per heavy atom. The zero-order valence-corrected chi connectivity index (χ0v) is 12.5. The van der Waals surface area contributed by atoms with Gasteiger partial charge in [-0.1, -0.05) is 64.5 Å². The number of carbonyl (C=O) groups is 1. The van der Waals surface area contributed by atoms with Crippen molar-refractivity contribution in [3.63, 3.8) is 0 Å². The van der Waals surface area contributed by atoms with Crippen molar-refractivity contribution in [2.75, 3.05) is 0 Å². The molecule has 1 N–H and O–H groups in total. The molecular formula is C16H15BrN2O. The highest BCUT2D eigenvalue weighted by Gasteiger charge is 2.00.